The second-order valence-electron chi connectivity index (χ2n) is 4.69. The van der Waals surface area contributed by atoms with Gasteiger partial charge in [0.15, 0.2) is 0 Å². The maximum absolute atomic E-state index is 6.31. The molecule has 19 heavy (non-hydrogen) atoms. The fourth-order valence-corrected chi connectivity index (χ4v) is 2.41. The third kappa shape index (κ3) is 3.58. The lowest BCUT2D eigenvalue weighted by Crippen LogP contribution is -2.25. The zero-order valence-electron chi connectivity index (χ0n) is 11.4. The molecule has 0 saturated carbocycles. The first-order chi connectivity index (χ1) is 9.22. The predicted octanol–water partition coefficient (Wildman–Crippen LogP) is 3.36. The van der Waals surface area contributed by atoms with E-state index in [9.17, 15) is 0 Å². The van der Waals surface area contributed by atoms with Gasteiger partial charge in [-0.2, -0.15) is 0 Å². The van der Waals surface area contributed by atoms with Crippen molar-refractivity contribution < 1.29 is 0 Å². The van der Waals surface area contributed by atoms with Crippen LogP contribution in [0.5, 0.6) is 0 Å². The van der Waals surface area contributed by atoms with Crippen LogP contribution in [-0.2, 0) is 13.5 Å². The minimum atomic E-state index is 0.203. The van der Waals surface area contributed by atoms with Crippen LogP contribution in [0.15, 0.2) is 36.7 Å². The van der Waals surface area contributed by atoms with Crippen LogP contribution >= 0.6 is 11.6 Å². The van der Waals surface area contributed by atoms with Gasteiger partial charge in [0.25, 0.3) is 0 Å². The van der Waals surface area contributed by atoms with Gasteiger partial charge in [-0.15, -0.1) is 0 Å². The van der Waals surface area contributed by atoms with E-state index >= 15 is 0 Å². The zero-order chi connectivity index (χ0) is 13.7. The minimum absolute atomic E-state index is 0.203. The number of rotatable bonds is 6. The summed E-state index contributed by atoms with van der Waals surface area (Å²) in [7, 11) is 2.02. The smallest absolute Gasteiger partial charge is 0.110 e. The van der Waals surface area contributed by atoms with Gasteiger partial charge in [0.1, 0.15) is 5.82 Å². The van der Waals surface area contributed by atoms with Crippen molar-refractivity contribution in [3.8, 4) is 0 Å². The molecule has 0 fully saturated rings. The number of nitrogens with zero attached hydrogens (tertiary/aromatic N) is 2. The number of benzene rings is 1. The van der Waals surface area contributed by atoms with Crippen LogP contribution in [0.3, 0.4) is 0 Å². The number of halogens is 1. The van der Waals surface area contributed by atoms with Crippen molar-refractivity contribution in [2.75, 3.05) is 6.54 Å². The molecular formula is C15H20ClN3. The van der Waals surface area contributed by atoms with Crippen LogP contribution in [0.4, 0.5) is 0 Å². The summed E-state index contributed by atoms with van der Waals surface area (Å²) in [5.74, 6) is 1.06. The van der Waals surface area contributed by atoms with Crippen LogP contribution in [0, 0.1) is 0 Å². The van der Waals surface area contributed by atoms with Gasteiger partial charge in [0.2, 0.25) is 0 Å². The van der Waals surface area contributed by atoms with Gasteiger partial charge in [0.05, 0.1) is 0 Å². The summed E-state index contributed by atoms with van der Waals surface area (Å²) in [6.07, 6.45) is 5.74. The Labute approximate surface area is 119 Å². The molecule has 1 aromatic heterocycles. The molecule has 1 unspecified atom stereocenters. The molecule has 0 amide bonds. The Morgan fingerprint density at radius 2 is 2.16 bits per heavy atom. The summed E-state index contributed by atoms with van der Waals surface area (Å²) in [5.41, 5.74) is 1.14. The minimum Gasteiger partial charge on any atom is -0.338 e. The van der Waals surface area contributed by atoms with Crippen molar-refractivity contribution in [2.24, 2.45) is 7.05 Å². The Morgan fingerprint density at radius 3 is 2.79 bits per heavy atom. The SMILES string of the molecule is CCCNC(Cc1nccn1C)c1ccccc1Cl. The molecule has 0 spiro atoms. The van der Waals surface area contributed by atoms with Crippen molar-refractivity contribution in [3.63, 3.8) is 0 Å². The first kappa shape index (κ1) is 14.1. The van der Waals surface area contributed by atoms with Crippen LogP contribution in [-0.4, -0.2) is 16.1 Å². The zero-order valence-corrected chi connectivity index (χ0v) is 12.2. The standard InChI is InChI=1S/C15H20ClN3/c1-3-8-17-14(11-15-18-9-10-19(15)2)12-6-4-5-7-13(12)16/h4-7,9-10,14,17H,3,8,11H2,1-2H3. The molecule has 4 heteroatoms. The van der Waals surface area contributed by atoms with Gasteiger partial charge in [-0.1, -0.05) is 36.7 Å². The summed E-state index contributed by atoms with van der Waals surface area (Å²) in [4.78, 5) is 4.40. The molecular weight excluding hydrogens is 258 g/mol. The van der Waals surface area contributed by atoms with Crippen molar-refractivity contribution in [3.05, 3.63) is 53.1 Å². The Morgan fingerprint density at radius 1 is 1.37 bits per heavy atom. The average molecular weight is 278 g/mol. The largest absolute Gasteiger partial charge is 0.338 e. The Bertz CT molecular complexity index is 522. The molecule has 0 aliphatic heterocycles. The number of nitrogens with one attached hydrogen (secondary N) is 1. The predicted molar refractivity (Wildman–Crippen MR) is 79.4 cm³/mol. The second-order valence-corrected chi connectivity index (χ2v) is 5.09. The van der Waals surface area contributed by atoms with Crippen molar-refractivity contribution in [1.82, 2.24) is 14.9 Å². The van der Waals surface area contributed by atoms with Gasteiger partial charge in [-0.3, -0.25) is 0 Å². The van der Waals surface area contributed by atoms with E-state index in [0.29, 0.717) is 0 Å². The highest BCUT2D eigenvalue weighted by atomic mass is 35.5. The Hall–Kier alpha value is -1.32. The molecule has 0 radical (unpaired) electrons. The van der Waals surface area contributed by atoms with E-state index in [1.165, 1.54) is 0 Å². The highest BCUT2D eigenvalue weighted by Gasteiger charge is 2.16. The third-order valence-electron chi connectivity index (χ3n) is 3.23. The van der Waals surface area contributed by atoms with E-state index in [-0.39, 0.29) is 6.04 Å². The highest BCUT2D eigenvalue weighted by Crippen LogP contribution is 2.25. The molecule has 1 N–H and O–H groups in total. The molecule has 0 aliphatic rings. The molecule has 1 aromatic carbocycles. The molecule has 0 aliphatic carbocycles. The number of hydrogen-bond donors (Lipinski definition) is 1. The van der Waals surface area contributed by atoms with E-state index in [2.05, 4.69) is 27.9 Å². The van der Waals surface area contributed by atoms with Crippen LogP contribution < -0.4 is 5.32 Å². The lowest BCUT2D eigenvalue weighted by Gasteiger charge is -2.20. The first-order valence-corrected chi connectivity index (χ1v) is 7.04. The fraction of sp³-hybridized carbons (Fsp3) is 0.400. The van der Waals surface area contributed by atoms with E-state index in [0.717, 1.165) is 35.8 Å². The van der Waals surface area contributed by atoms with Crippen molar-refractivity contribution in [2.45, 2.75) is 25.8 Å². The molecule has 2 aromatic rings. The van der Waals surface area contributed by atoms with E-state index < -0.39 is 0 Å². The number of aryl methyl sites for hydroxylation is 1. The summed E-state index contributed by atoms with van der Waals surface area (Å²) in [5, 5.41) is 4.36. The van der Waals surface area contributed by atoms with Crippen LogP contribution in [0.2, 0.25) is 5.02 Å². The lowest BCUT2D eigenvalue weighted by atomic mass is 10.0. The highest BCUT2D eigenvalue weighted by molar-refractivity contribution is 6.31. The molecule has 1 atom stereocenters. The molecule has 2 rings (SSSR count). The summed E-state index contributed by atoms with van der Waals surface area (Å²) >= 11 is 6.31. The molecule has 3 nitrogen and oxygen atoms in total. The van der Waals surface area contributed by atoms with Crippen LogP contribution in [0.1, 0.15) is 30.8 Å². The lowest BCUT2D eigenvalue weighted by molar-refractivity contribution is 0.512. The quantitative estimate of drug-likeness (QED) is 0.877. The third-order valence-corrected chi connectivity index (χ3v) is 3.57. The van der Waals surface area contributed by atoms with E-state index in [1.54, 1.807) is 0 Å². The van der Waals surface area contributed by atoms with E-state index in [1.807, 2.05) is 37.6 Å². The van der Waals surface area contributed by atoms with Crippen molar-refractivity contribution in [1.29, 1.82) is 0 Å². The van der Waals surface area contributed by atoms with Crippen LogP contribution in [0.25, 0.3) is 0 Å². The normalized spacial score (nSPS) is 12.6. The topological polar surface area (TPSA) is 29.9 Å². The number of hydrogen-bond acceptors (Lipinski definition) is 2. The van der Waals surface area contributed by atoms with Gasteiger partial charge in [0, 0.05) is 36.9 Å². The molecule has 102 valence electrons. The average Bonchev–Trinajstić information content (AvgIpc) is 2.81. The van der Waals surface area contributed by atoms with Gasteiger partial charge < -0.3 is 9.88 Å². The summed E-state index contributed by atoms with van der Waals surface area (Å²) < 4.78 is 2.05. The Kier molecular flexibility index (Phi) is 5.00. The number of imidazole rings is 1. The maximum atomic E-state index is 6.31. The number of aromatic nitrogens is 2. The summed E-state index contributed by atoms with van der Waals surface area (Å²) in [6.45, 7) is 3.14. The maximum Gasteiger partial charge on any atom is 0.110 e. The van der Waals surface area contributed by atoms with Gasteiger partial charge >= 0.3 is 0 Å². The van der Waals surface area contributed by atoms with Gasteiger partial charge in [-0.25, -0.2) is 4.98 Å². The molecule has 0 saturated heterocycles. The Balaban J connectivity index is 2.21. The molecule has 1 heterocycles. The fourth-order valence-electron chi connectivity index (χ4n) is 2.14. The summed E-state index contributed by atoms with van der Waals surface area (Å²) in [6, 6.07) is 8.22. The first-order valence-electron chi connectivity index (χ1n) is 6.66. The monoisotopic (exact) mass is 277 g/mol. The second kappa shape index (κ2) is 6.73. The molecule has 0 bridgehead atoms. The van der Waals surface area contributed by atoms with Gasteiger partial charge in [-0.05, 0) is 24.6 Å². The van der Waals surface area contributed by atoms with Crippen molar-refractivity contribution >= 4 is 11.6 Å². The van der Waals surface area contributed by atoms with E-state index in [4.69, 9.17) is 11.6 Å².